The van der Waals surface area contributed by atoms with Gasteiger partial charge in [0.05, 0.1) is 11.6 Å². The molecule has 6 heteroatoms. The summed E-state index contributed by atoms with van der Waals surface area (Å²) < 4.78 is 18.7. The maximum Gasteiger partial charge on any atom is 0.145 e. The molecule has 0 amide bonds. The Morgan fingerprint density at radius 3 is 2.76 bits per heavy atom. The molecule has 21 heavy (non-hydrogen) atoms. The Morgan fingerprint density at radius 2 is 2.05 bits per heavy atom. The molecule has 0 saturated carbocycles. The number of hydrogen-bond donors (Lipinski definition) is 1. The molecule has 1 heterocycles. The summed E-state index contributed by atoms with van der Waals surface area (Å²) in [6.45, 7) is 2.11. The third-order valence-electron chi connectivity index (χ3n) is 2.95. The van der Waals surface area contributed by atoms with Crippen molar-refractivity contribution in [3.8, 4) is 0 Å². The highest BCUT2D eigenvalue weighted by Gasteiger charge is 2.08. The van der Waals surface area contributed by atoms with Gasteiger partial charge < -0.3 is 10.1 Å². The van der Waals surface area contributed by atoms with Gasteiger partial charge in [-0.15, -0.1) is 0 Å². The smallest absolute Gasteiger partial charge is 0.145 e. The van der Waals surface area contributed by atoms with Crippen molar-refractivity contribution in [2.24, 2.45) is 0 Å². The number of nitrogens with one attached hydrogen (secondary N) is 1. The molecule has 0 aliphatic rings. The number of hydrogen-bond acceptors (Lipinski definition) is 4. The lowest BCUT2D eigenvalue weighted by molar-refractivity contribution is 0.199. The fourth-order valence-corrected chi connectivity index (χ4v) is 2.02. The lowest BCUT2D eigenvalue weighted by Crippen LogP contribution is -2.18. The third-order valence-corrected chi connectivity index (χ3v) is 3.24. The van der Waals surface area contributed by atoms with Gasteiger partial charge in [0.1, 0.15) is 11.6 Å². The molecule has 112 valence electrons. The average molecular weight is 310 g/mol. The zero-order chi connectivity index (χ0) is 15.1. The van der Waals surface area contributed by atoms with E-state index in [1.807, 2.05) is 0 Å². The van der Waals surface area contributed by atoms with Crippen molar-refractivity contribution in [3.05, 3.63) is 58.4 Å². The van der Waals surface area contributed by atoms with Gasteiger partial charge in [0.15, 0.2) is 0 Å². The van der Waals surface area contributed by atoms with E-state index in [1.54, 1.807) is 31.6 Å². The summed E-state index contributed by atoms with van der Waals surface area (Å²) in [5, 5.41) is 3.32. The summed E-state index contributed by atoms with van der Waals surface area (Å²) in [4.78, 5) is 8.50. The van der Waals surface area contributed by atoms with Crippen LogP contribution in [0.2, 0.25) is 5.02 Å². The molecule has 0 spiro atoms. The summed E-state index contributed by atoms with van der Waals surface area (Å²) in [6.07, 6.45) is 3.80. The van der Waals surface area contributed by atoms with Crippen molar-refractivity contribution in [2.75, 3.05) is 20.3 Å². The van der Waals surface area contributed by atoms with Gasteiger partial charge in [0.2, 0.25) is 0 Å². The molecule has 2 aromatic rings. The molecule has 0 saturated heterocycles. The van der Waals surface area contributed by atoms with E-state index in [0.717, 1.165) is 12.1 Å². The Morgan fingerprint density at radius 1 is 1.29 bits per heavy atom. The second-order valence-corrected chi connectivity index (χ2v) is 4.97. The van der Waals surface area contributed by atoms with E-state index < -0.39 is 5.82 Å². The molecular formula is C15H17ClFN3O. The number of ether oxygens (including phenoxy) is 1. The molecular weight excluding hydrogens is 293 g/mol. The van der Waals surface area contributed by atoms with Gasteiger partial charge in [-0.25, -0.2) is 14.4 Å². The minimum Gasteiger partial charge on any atom is -0.383 e. The fourth-order valence-electron chi connectivity index (χ4n) is 1.83. The standard InChI is InChI=1S/C15H17ClFN3O/c1-21-6-5-18-8-11-9-19-14(20-10-11)7-12-3-2-4-13(16)15(12)17/h2-4,9-10,18H,5-8H2,1H3. The van der Waals surface area contributed by atoms with Crippen molar-refractivity contribution in [1.29, 1.82) is 0 Å². The molecule has 0 aliphatic heterocycles. The first-order chi connectivity index (χ1) is 10.2. The van der Waals surface area contributed by atoms with Gasteiger partial charge >= 0.3 is 0 Å². The molecule has 2 rings (SSSR count). The summed E-state index contributed by atoms with van der Waals surface area (Å²) in [6, 6.07) is 4.93. The van der Waals surface area contributed by atoms with E-state index in [1.165, 1.54) is 6.07 Å². The number of halogens is 2. The quantitative estimate of drug-likeness (QED) is 0.799. The summed E-state index contributed by atoms with van der Waals surface area (Å²) in [5.74, 6) is 0.157. The molecule has 0 bridgehead atoms. The van der Waals surface area contributed by atoms with Crippen LogP contribution in [0.15, 0.2) is 30.6 Å². The van der Waals surface area contributed by atoms with Crippen molar-refractivity contribution < 1.29 is 9.13 Å². The number of aromatic nitrogens is 2. The van der Waals surface area contributed by atoms with Gasteiger partial charge in [0, 0.05) is 44.6 Å². The summed E-state index contributed by atoms with van der Waals surface area (Å²) >= 11 is 5.75. The number of methoxy groups -OCH3 is 1. The molecule has 1 aromatic heterocycles. The molecule has 0 radical (unpaired) electrons. The van der Waals surface area contributed by atoms with Crippen LogP contribution in [0.25, 0.3) is 0 Å². The number of rotatable bonds is 7. The van der Waals surface area contributed by atoms with Crippen molar-refractivity contribution in [1.82, 2.24) is 15.3 Å². The SMILES string of the molecule is COCCNCc1cnc(Cc2cccc(Cl)c2F)nc1. The van der Waals surface area contributed by atoms with Crippen LogP contribution < -0.4 is 5.32 Å². The zero-order valence-electron chi connectivity index (χ0n) is 11.8. The van der Waals surface area contributed by atoms with Crippen molar-refractivity contribution in [3.63, 3.8) is 0 Å². The van der Waals surface area contributed by atoms with E-state index in [2.05, 4.69) is 15.3 Å². The Hall–Kier alpha value is -1.56. The highest BCUT2D eigenvalue weighted by molar-refractivity contribution is 6.30. The average Bonchev–Trinajstić information content (AvgIpc) is 2.50. The van der Waals surface area contributed by atoms with Gasteiger partial charge in [-0.2, -0.15) is 0 Å². The third kappa shape index (κ3) is 4.74. The maximum absolute atomic E-state index is 13.8. The van der Waals surface area contributed by atoms with Crippen LogP contribution in [0.1, 0.15) is 17.0 Å². The van der Waals surface area contributed by atoms with Gasteiger partial charge in [-0.1, -0.05) is 23.7 Å². The topological polar surface area (TPSA) is 47.0 Å². The summed E-state index contributed by atoms with van der Waals surface area (Å²) in [5.41, 5.74) is 1.47. The van der Waals surface area contributed by atoms with Crippen LogP contribution in [0.5, 0.6) is 0 Å². The molecule has 0 fully saturated rings. The predicted molar refractivity (Wildman–Crippen MR) is 79.8 cm³/mol. The Labute approximate surface area is 128 Å². The van der Waals surface area contributed by atoms with E-state index in [-0.39, 0.29) is 5.02 Å². The Balaban J connectivity index is 1.94. The fraction of sp³-hybridized carbons (Fsp3) is 0.333. The molecule has 4 nitrogen and oxygen atoms in total. The molecule has 1 N–H and O–H groups in total. The lowest BCUT2D eigenvalue weighted by atomic mass is 10.1. The number of nitrogens with zero attached hydrogens (tertiary/aromatic N) is 2. The van der Waals surface area contributed by atoms with Gasteiger partial charge in [-0.3, -0.25) is 0 Å². The normalized spacial score (nSPS) is 10.8. The molecule has 1 aromatic carbocycles. The monoisotopic (exact) mass is 309 g/mol. The highest BCUT2D eigenvalue weighted by atomic mass is 35.5. The van der Waals surface area contributed by atoms with Crippen LogP contribution in [-0.2, 0) is 17.7 Å². The summed E-state index contributed by atoms with van der Waals surface area (Å²) in [7, 11) is 1.66. The molecule has 0 unspecified atom stereocenters. The highest BCUT2D eigenvalue weighted by Crippen LogP contribution is 2.19. The molecule has 0 aliphatic carbocycles. The van der Waals surface area contributed by atoms with E-state index in [9.17, 15) is 4.39 Å². The lowest BCUT2D eigenvalue weighted by Gasteiger charge is -2.06. The first-order valence-electron chi connectivity index (χ1n) is 6.63. The minimum atomic E-state index is -0.409. The van der Waals surface area contributed by atoms with Gasteiger partial charge in [0.25, 0.3) is 0 Å². The van der Waals surface area contributed by atoms with Crippen LogP contribution in [0.4, 0.5) is 4.39 Å². The number of benzene rings is 1. The second kappa shape index (κ2) is 8.02. The van der Waals surface area contributed by atoms with E-state index in [0.29, 0.717) is 31.0 Å². The van der Waals surface area contributed by atoms with Crippen LogP contribution in [-0.4, -0.2) is 30.2 Å². The van der Waals surface area contributed by atoms with Gasteiger partial charge in [-0.05, 0) is 11.6 Å². The Kier molecular flexibility index (Phi) is 6.04. The second-order valence-electron chi connectivity index (χ2n) is 4.57. The van der Waals surface area contributed by atoms with Crippen molar-refractivity contribution >= 4 is 11.6 Å². The van der Waals surface area contributed by atoms with E-state index >= 15 is 0 Å². The van der Waals surface area contributed by atoms with Crippen LogP contribution >= 0.6 is 11.6 Å². The van der Waals surface area contributed by atoms with Crippen LogP contribution in [0, 0.1) is 5.82 Å². The van der Waals surface area contributed by atoms with Crippen LogP contribution in [0.3, 0.4) is 0 Å². The maximum atomic E-state index is 13.8. The predicted octanol–water partition coefficient (Wildman–Crippen LogP) is 2.60. The largest absolute Gasteiger partial charge is 0.383 e. The Bertz CT molecular complexity index is 578. The first kappa shape index (κ1) is 15.8. The molecule has 0 atom stereocenters. The van der Waals surface area contributed by atoms with E-state index in [4.69, 9.17) is 16.3 Å². The minimum absolute atomic E-state index is 0.117. The van der Waals surface area contributed by atoms with Crippen molar-refractivity contribution in [2.45, 2.75) is 13.0 Å². The zero-order valence-corrected chi connectivity index (χ0v) is 12.5. The first-order valence-corrected chi connectivity index (χ1v) is 7.01.